The van der Waals surface area contributed by atoms with Crippen molar-refractivity contribution in [2.75, 3.05) is 10.6 Å². The van der Waals surface area contributed by atoms with Gasteiger partial charge in [0.05, 0.1) is 18.4 Å². The lowest BCUT2D eigenvalue weighted by Crippen LogP contribution is -2.13. The van der Waals surface area contributed by atoms with Crippen LogP contribution >= 0.6 is 0 Å². The first-order valence-electron chi connectivity index (χ1n) is 9.78. The van der Waals surface area contributed by atoms with Crippen LogP contribution in [0.15, 0.2) is 42.7 Å². The summed E-state index contributed by atoms with van der Waals surface area (Å²) in [5.74, 6) is 0.692. The Bertz CT molecular complexity index is 1190. The van der Waals surface area contributed by atoms with Crippen LogP contribution in [0.3, 0.4) is 0 Å². The summed E-state index contributed by atoms with van der Waals surface area (Å²) in [6.45, 7) is 6.12. The van der Waals surface area contributed by atoms with Crippen molar-refractivity contribution in [2.24, 2.45) is 7.05 Å². The molecule has 0 radical (unpaired) electrons. The Balaban J connectivity index is 1.47. The minimum absolute atomic E-state index is 0.0419. The van der Waals surface area contributed by atoms with Crippen molar-refractivity contribution in [3.05, 3.63) is 59.7 Å². The van der Waals surface area contributed by atoms with Gasteiger partial charge in [0.2, 0.25) is 0 Å². The van der Waals surface area contributed by atoms with Gasteiger partial charge in [-0.1, -0.05) is 26.0 Å². The minimum Gasteiger partial charge on any atom is -0.362 e. The third kappa shape index (κ3) is 4.00. The van der Waals surface area contributed by atoms with Crippen LogP contribution < -0.4 is 10.6 Å². The molecule has 9 heteroatoms. The van der Waals surface area contributed by atoms with E-state index in [-0.39, 0.29) is 17.9 Å². The number of rotatable bonds is 6. The summed E-state index contributed by atoms with van der Waals surface area (Å²) in [6, 6.07) is 9.42. The molecule has 0 aliphatic carbocycles. The van der Waals surface area contributed by atoms with Gasteiger partial charge in [-0.05, 0) is 36.6 Å². The van der Waals surface area contributed by atoms with Crippen molar-refractivity contribution in [3.8, 4) is 0 Å². The Morgan fingerprint density at radius 2 is 2.00 bits per heavy atom. The first-order valence-corrected chi connectivity index (χ1v) is 9.78. The highest BCUT2D eigenvalue weighted by molar-refractivity contribution is 6.02. The Hall–Kier alpha value is -3.75. The number of anilines is 2. The van der Waals surface area contributed by atoms with E-state index in [1.54, 1.807) is 23.1 Å². The van der Waals surface area contributed by atoms with Gasteiger partial charge in [-0.3, -0.25) is 9.89 Å². The summed E-state index contributed by atoms with van der Waals surface area (Å²) in [5, 5.41) is 17.4. The number of carbonyl (C=O) groups excluding carboxylic acids is 1. The van der Waals surface area contributed by atoms with Crippen LogP contribution in [0.1, 0.15) is 54.5 Å². The molecule has 0 unspecified atom stereocenters. The van der Waals surface area contributed by atoms with Crippen LogP contribution in [0.2, 0.25) is 0 Å². The number of hydrogen-bond acceptors (Lipinski definition) is 6. The molecule has 0 saturated heterocycles. The largest absolute Gasteiger partial charge is 0.362 e. The highest BCUT2D eigenvalue weighted by Crippen LogP contribution is 2.22. The van der Waals surface area contributed by atoms with Gasteiger partial charge >= 0.3 is 0 Å². The predicted molar refractivity (Wildman–Crippen MR) is 115 cm³/mol. The zero-order valence-electron chi connectivity index (χ0n) is 17.3. The molecule has 0 fully saturated rings. The van der Waals surface area contributed by atoms with Crippen molar-refractivity contribution >= 4 is 28.6 Å². The van der Waals surface area contributed by atoms with Crippen molar-refractivity contribution in [2.45, 2.75) is 32.7 Å². The van der Waals surface area contributed by atoms with Crippen LogP contribution in [0, 0.1) is 0 Å². The molecular formula is C21H24N8O. The molecule has 1 atom stereocenters. The lowest BCUT2D eigenvalue weighted by atomic mass is 10.1. The van der Waals surface area contributed by atoms with Gasteiger partial charge in [-0.25, -0.2) is 14.6 Å². The summed E-state index contributed by atoms with van der Waals surface area (Å²) >= 11 is 0. The number of H-pyrrole nitrogens is 1. The number of nitrogens with one attached hydrogen (secondary N) is 3. The SMILES string of the molecule is CC(C)c1cc(C(=O)Nc2cccc([C@H](C)Nc3cnc4cnn(C)c4n3)c2)n[nH]1. The molecule has 4 aromatic rings. The summed E-state index contributed by atoms with van der Waals surface area (Å²) in [4.78, 5) is 21.5. The summed E-state index contributed by atoms with van der Waals surface area (Å²) in [5.41, 5.74) is 4.47. The van der Waals surface area contributed by atoms with Crippen molar-refractivity contribution < 1.29 is 4.79 Å². The molecule has 154 valence electrons. The smallest absolute Gasteiger partial charge is 0.276 e. The third-order valence-electron chi connectivity index (χ3n) is 4.90. The van der Waals surface area contributed by atoms with Gasteiger partial charge in [0, 0.05) is 18.4 Å². The highest BCUT2D eigenvalue weighted by Gasteiger charge is 2.14. The molecule has 4 rings (SSSR count). The molecule has 0 aliphatic rings. The number of aryl methyl sites for hydroxylation is 1. The fraction of sp³-hybridized carbons (Fsp3) is 0.286. The maximum atomic E-state index is 12.5. The highest BCUT2D eigenvalue weighted by atomic mass is 16.1. The van der Waals surface area contributed by atoms with Gasteiger partial charge in [0.25, 0.3) is 5.91 Å². The number of aromatic amines is 1. The van der Waals surface area contributed by atoms with E-state index < -0.39 is 0 Å². The van der Waals surface area contributed by atoms with E-state index in [4.69, 9.17) is 0 Å². The average molecular weight is 404 g/mol. The monoisotopic (exact) mass is 404 g/mol. The first kappa shape index (κ1) is 19.6. The molecule has 0 bridgehead atoms. The van der Waals surface area contributed by atoms with Crippen LogP contribution in [-0.2, 0) is 7.05 Å². The van der Waals surface area contributed by atoms with Gasteiger partial charge < -0.3 is 10.6 Å². The Morgan fingerprint density at radius 3 is 2.77 bits per heavy atom. The zero-order chi connectivity index (χ0) is 21.3. The molecular weight excluding hydrogens is 380 g/mol. The number of benzene rings is 1. The van der Waals surface area contributed by atoms with E-state index in [2.05, 4.69) is 35.9 Å². The number of nitrogens with zero attached hydrogens (tertiary/aromatic N) is 5. The lowest BCUT2D eigenvalue weighted by molar-refractivity contribution is 0.102. The number of fused-ring (bicyclic) bond motifs is 1. The van der Waals surface area contributed by atoms with Crippen LogP contribution in [0.4, 0.5) is 11.5 Å². The Labute approximate surface area is 173 Å². The van der Waals surface area contributed by atoms with E-state index in [1.807, 2.05) is 52.1 Å². The molecule has 3 aromatic heterocycles. The molecule has 0 aliphatic heterocycles. The molecule has 3 N–H and O–H groups in total. The van der Waals surface area contributed by atoms with Crippen LogP contribution in [-0.4, -0.2) is 35.9 Å². The van der Waals surface area contributed by atoms with E-state index in [0.29, 0.717) is 22.8 Å². The average Bonchev–Trinajstić information content (AvgIpc) is 3.36. The van der Waals surface area contributed by atoms with E-state index >= 15 is 0 Å². The van der Waals surface area contributed by atoms with Crippen LogP contribution in [0.5, 0.6) is 0 Å². The molecule has 0 saturated carbocycles. The predicted octanol–water partition coefficient (Wildman–Crippen LogP) is 3.64. The number of aromatic nitrogens is 6. The fourth-order valence-corrected chi connectivity index (χ4v) is 3.12. The normalized spacial score (nSPS) is 12.3. The molecule has 0 spiro atoms. The minimum atomic E-state index is -0.247. The standard InChI is InChI=1S/C21H24N8O/c1-12(2)16-9-17(28-27-16)21(30)25-15-7-5-6-14(8-15)13(3)24-19-11-22-18-10-23-29(4)20(18)26-19/h5-13H,1-4H3,(H,24,26)(H,25,30)(H,27,28)/t13-/m0/s1. The van der Waals surface area contributed by atoms with Crippen LogP contribution in [0.25, 0.3) is 11.2 Å². The number of hydrogen-bond donors (Lipinski definition) is 3. The third-order valence-corrected chi connectivity index (χ3v) is 4.90. The second-order valence-electron chi connectivity index (χ2n) is 7.54. The topological polar surface area (TPSA) is 113 Å². The number of amides is 1. The molecule has 3 heterocycles. The van der Waals surface area contributed by atoms with Gasteiger partial charge in [-0.2, -0.15) is 10.2 Å². The maximum Gasteiger partial charge on any atom is 0.276 e. The summed E-state index contributed by atoms with van der Waals surface area (Å²) in [6.07, 6.45) is 3.38. The second kappa shape index (κ2) is 7.94. The maximum absolute atomic E-state index is 12.5. The first-order chi connectivity index (χ1) is 14.4. The number of carbonyl (C=O) groups is 1. The van der Waals surface area contributed by atoms with Gasteiger partial charge in [0.15, 0.2) is 11.3 Å². The van der Waals surface area contributed by atoms with E-state index in [9.17, 15) is 4.79 Å². The molecule has 30 heavy (non-hydrogen) atoms. The fourth-order valence-electron chi connectivity index (χ4n) is 3.12. The second-order valence-corrected chi connectivity index (χ2v) is 7.54. The summed E-state index contributed by atoms with van der Waals surface area (Å²) < 4.78 is 1.69. The van der Waals surface area contributed by atoms with E-state index in [1.165, 1.54) is 0 Å². The molecule has 1 amide bonds. The molecule has 1 aromatic carbocycles. The quantitative estimate of drug-likeness (QED) is 0.452. The Morgan fingerprint density at radius 1 is 1.17 bits per heavy atom. The van der Waals surface area contributed by atoms with Crippen molar-refractivity contribution in [3.63, 3.8) is 0 Å². The van der Waals surface area contributed by atoms with Crippen molar-refractivity contribution in [1.29, 1.82) is 0 Å². The zero-order valence-corrected chi connectivity index (χ0v) is 17.3. The van der Waals surface area contributed by atoms with E-state index in [0.717, 1.165) is 16.8 Å². The summed E-state index contributed by atoms with van der Waals surface area (Å²) in [7, 11) is 1.83. The molecule has 9 nitrogen and oxygen atoms in total. The Kier molecular flexibility index (Phi) is 5.18. The van der Waals surface area contributed by atoms with Gasteiger partial charge in [0.1, 0.15) is 11.3 Å². The lowest BCUT2D eigenvalue weighted by Gasteiger charge is -2.16. The van der Waals surface area contributed by atoms with Gasteiger partial charge in [-0.15, -0.1) is 0 Å². The van der Waals surface area contributed by atoms with Crippen molar-refractivity contribution in [1.82, 2.24) is 29.9 Å².